The Labute approximate surface area is 148 Å². The molecule has 25 heavy (non-hydrogen) atoms. The first-order valence-electron chi connectivity index (χ1n) is 8.18. The largest absolute Gasteiger partial charge is 0.444 e. The second-order valence-corrected chi connectivity index (χ2v) is 6.44. The normalized spacial score (nSPS) is 15.0. The molecule has 0 heterocycles. The molecule has 0 aliphatic carbocycles. The number of benzene rings is 1. The van der Waals surface area contributed by atoms with E-state index in [4.69, 9.17) is 14.2 Å². The van der Waals surface area contributed by atoms with Gasteiger partial charge in [-0.1, -0.05) is 30.3 Å². The summed E-state index contributed by atoms with van der Waals surface area (Å²) >= 11 is 0. The number of hydrogen-bond acceptors (Lipinski definition) is 6. The van der Waals surface area contributed by atoms with Gasteiger partial charge in [0.05, 0.1) is 6.04 Å². The first-order chi connectivity index (χ1) is 11.6. The van der Waals surface area contributed by atoms with E-state index in [0.29, 0.717) is 12.2 Å². The maximum atomic E-state index is 12.2. The number of nitrogens with one attached hydrogen (secondary N) is 1. The van der Waals surface area contributed by atoms with E-state index in [9.17, 15) is 14.7 Å². The average molecular weight is 353 g/mol. The van der Waals surface area contributed by atoms with Crippen LogP contribution < -0.4 is 5.32 Å². The Hall–Kier alpha value is -2.12. The molecule has 7 heteroatoms. The fourth-order valence-electron chi connectivity index (χ4n) is 2.08. The third-order valence-corrected chi connectivity index (χ3v) is 3.07. The molecule has 1 aromatic carbocycles. The van der Waals surface area contributed by atoms with Gasteiger partial charge in [0, 0.05) is 6.61 Å². The number of alkyl carbamates (subject to hydrolysis) is 1. The molecular formula is C18H27NO6. The van der Waals surface area contributed by atoms with Crippen LogP contribution in [0, 0.1) is 0 Å². The highest BCUT2D eigenvalue weighted by Gasteiger charge is 2.32. The Morgan fingerprint density at radius 2 is 1.80 bits per heavy atom. The summed E-state index contributed by atoms with van der Waals surface area (Å²) in [6.07, 6.45) is -3.16. The van der Waals surface area contributed by atoms with Crippen molar-refractivity contribution in [1.82, 2.24) is 5.32 Å². The van der Waals surface area contributed by atoms with Gasteiger partial charge in [-0.3, -0.25) is 0 Å². The van der Waals surface area contributed by atoms with Gasteiger partial charge in [-0.05, 0) is 40.2 Å². The molecule has 0 bridgehead atoms. The molecule has 7 nitrogen and oxygen atoms in total. The fraction of sp³-hybridized carbons (Fsp3) is 0.556. The number of carbonyl (C=O) groups is 2. The lowest BCUT2D eigenvalue weighted by molar-refractivity contribution is -0.184. The predicted molar refractivity (Wildman–Crippen MR) is 91.7 cm³/mol. The fourth-order valence-corrected chi connectivity index (χ4v) is 2.08. The molecule has 0 saturated carbocycles. The minimum absolute atomic E-state index is 0.364. The standard InChI is InChI=1S/C18H27NO6/c1-6-23-12(2)24-16(21)15(20)14(13-10-8-7-9-11-13)19-17(22)25-18(3,4)5/h7-12,14-15,20H,6H2,1-5H3,(H,19,22). The Kier molecular flexibility index (Phi) is 7.86. The van der Waals surface area contributed by atoms with Crippen LogP contribution >= 0.6 is 0 Å². The van der Waals surface area contributed by atoms with Crippen LogP contribution in [0.25, 0.3) is 0 Å². The lowest BCUT2D eigenvalue weighted by Gasteiger charge is -2.26. The topological polar surface area (TPSA) is 94.1 Å². The number of aliphatic hydroxyl groups excluding tert-OH is 1. The predicted octanol–water partition coefficient (Wildman–Crippen LogP) is 2.54. The lowest BCUT2D eigenvalue weighted by atomic mass is 10.0. The SMILES string of the molecule is CCOC(C)OC(=O)C(O)C(NC(=O)OC(C)(C)C)c1ccccc1. The van der Waals surface area contributed by atoms with Gasteiger partial charge in [-0.2, -0.15) is 0 Å². The molecule has 140 valence electrons. The number of aliphatic hydroxyl groups is 1. The van der Waals surface area contributed by atoms with E-state index in [1.54, 1.807) is 65.0 Å². The quantitative estimate of drug-likeness (QED) is 0.578. The van der Waals surface area contributed by atoms with E-state index in [2.05, 4.69) is 5.32 Å². The van der Waals surface area contributed by atoms with Crippen molar-refractivity contribution in [1.29, 1.82) is 0 Å². The highest BCUT2D eigenvalue weighted by molar-refractivity contribution is 5.77. The molecule has 0 aliphatic heterocycles. The van der Waals surface area contributed by atoms with Crippen LogP contribution in [0.4, 0.5) is 4.79 Å². The summed E-state index contributed by atoms with van der Waals surface area (Å²) < 4.78 is 15.4. The van der Waals surface area contributed by atoms with Gasteiger partial charge in [0.1, 0.15) is 5.60 Å². The molecule has 1 aromatic rings. The van der Waals surface area contributed by atoms with Gasteiger partial charge in [-0.15, -0.1) is 0 Å². The molecule has 1 amide bonds. The molecular weight excluding hydrogens is 326 g/mol. The number of carbonyl (C=O) groups excluding carboxylic acids is 2. The molecule has 0 fully saturated rings. The summed E-state index contributed by atoms with van der Waals surface area (Å²) in [5.74, 6) is -0.897. The van der Waals surface area contributed by atoms with Crippen LogP contribution in [-0.4, -0.2) is 41.8 Å². The van der Waals surface area contributed by atoms with Crippen LogP contribution in [0.3, 0.4) is 0 Å². The van der Waals surface area contributed by atoms with Crippen molar-refractivity contribution >= 4 is 12.1 Å². The van der Waals surface area contributed by atoms with Crippen molar-refractivity contribution in [2.75, 3.05) is 6.61 Å². The van der Waals surface area contributed by atoms with E-state index in [1.165, 1.54) is 0 Å². The van der Waals surface area contributed by atoms with Gasteiger partial charge in [0.15, 0.2) is 12.4 Å². The Morgan fingerprint density at radius 1 is 1.20 bits per heavy atom. The zero-order valence-corrected chi connectivity index (χ0v) is 15.3. The van der Waals surface area contributed by atoms with E-state index in [-0.39, 0.29) is 0 Å². The molecule has 3 unspecified atom stereocenters. The van der Waals surface area contributed by atoms with Crippen molar-refractivity contribution in [2.24, 2.45) is 0 Å². The molecule has 1 rings (SSSR count). The van der Waals surface area contributed by atoms with Gasteiger partial charge in [0.2, 0.25) is 0 Å². The lowest BCUT2D eigenvalue weighted by Crippen LogP contribution is -2.43. The molecule has 2 N–H and O–H groups in total. The third-order valence-electron chi connectivity index (χ3n) is 3.07. The molecule has 0 aromatic heterocycles. The summed E-state index contributed by atoms with van der Waals surface area (Å²) in [5.41, 5.74) is -0.165. The van der Waals surface area contributed by atoms with E-state index >= 15 is 0 Å². The second kappa shape index (κ2) is 9.39. The summed E-state index contributed by atoms with van der Waals surface area (Å²) in [6, 6.07) is 7.61. The highest BCUT2D eigenvalue weighted by atomic mass is 16.7. The first-order valence-corrected chi connectivity index (χ1v) is 8.18. The van der Waals surface area contributed by atoms with Crippen LogP contribution in [0.2, 0.25) is 0 Å². The zero-order valence-electron chi connectivity index (χ0n) is 15.3. The molecule has 0 radical (unpaired) electrons. The van der Waals surface area contributed by atoms with Gasteiger partial charge in [-0.25, -0.2) is 9.59 Å². The Bertz CT molecular complexity index is 554. The van der Waals surface area contributed by atoms with Crippen molar-refractivity contribution in [2.45, 2.75) is 58.7 Å². The molecule has 0 spiro atoms. The van der Waals surface area contributed by atoms with Gasteiger partial charge >= 0.3 is 12.1 Å². The van der Waals surface area contributed by atoms with Crippen LogP contribution in [0.5, 0.6) is 0 Å². The molecule has 0 aliphatic rings. The zero-order chi connectivity index (χ0) is 19.0. The minimum Gasteiger partial charge on any atom is -0.444 e. The summed E-state index contributed by atoms with van der Waals surface area (Å²) in [6.45, 7) is 8.84. The van der Waals surface area contributed by atoms with Crippen LogP contribution in [0.1, 0.15) is 46.2 Å². The number of ether oxygens (including phenoxy) is 3. The van der Waals surface area contributed by atoms with E-state index in [1.807, 2.05) is 0 Å². The van der Waals surface area contributed by atoms with E-state index < -0.39 is 36.1 Å². The Morgan fingerprint density at radius 3 is 2.32 bits per heavy atom. The van der Waals surface area contributed by atoms with Crippen molar-refractivity contribution < 1.29 is 28.9 Å². The number of esters is 1. The van der Waals surface area contributed by atoms with Crippen molar-refractivity contribution in [3.63, 3.8) is 0 Å². The van der Waals surface area contributed by atoms with E-state index in [0.717, 1.165) is 0 Å². The smallest absolute Gasteiger partial charge is 0.408 e. The maximum absolute atomic E-state index is 12.2. The monoisotopic (exact) mass is 353 g/mol. The van der Waals surface area contributed by atoms with Gasteiger partial charge in [0.25, 0.3) is 0 Å². The summed E-state index contributed by atoms with van der Waals surface area (Å²) in [5, 5.41) is 12.9. The molecule has 3 atom stereocenters. The van der Waals surface area contributed by atoms with Crippen molar-refractivity contribution in [3.8, 4) is 0 Å². The minimum atomic E-state index is -1.61. The van der Waals surface area contributed by atoms with Crippen LogP contribution in [-0.2, 0) is 19.0 Å². The summed E-state index contributed by atoms with van der Waals surface area (Å²) in [7, 11) is 0. The number of rotatable bonds is 7. The Balaban J connectivity index is 2.91. The first kappa shape index (κ1) is 20.9. The van der Waals surface area contributed by atoms with Crippen LogP contribution in [0.15, 0.2) is 30.3 Å². The molecule has 0 saturated heterocycles. The van der Waals surface area contributed by atoms with Crippen molar-refractivity contribution in [3.05, 3.63) is 35.9 Å². The second-order valence-electron chi connectivity index (χ2n) is 6.44. The van der Waals surface area contributed by atoms with Gasteiger partial charge < -0.3 is 24.6 Å². The number of hydrogen-bond donors (Lipinski definition) is 2. The highest BCUT2D eigenvalue weighted by Crippen LogP contribution is 2.20. The third kappa shape index (κ3) is 7.53. The average Bonchev–Trinajstić information content (AvgIpc) is 2.51. The summed E-state index contributed by atoms with van der Waals surface area (Å²) in [4.78, 5) is 24.2. The number of amides is 1. The maximum Gasteiger partial charge on any atom is 0.408 e.